The summed E-state index contributed by atoms with van der Waals surface area (Å²) in [5.74, 6) is 0. The molecule has 0 unspecified atom stereocenters. The number of pyridine rings is 4. The Morgan fingerprint density at radius 3 is 0.760 bits per heavy atom. The molecule has 0 saturated carbocycles. The van der Waals surface area contributed by atoms with Crippen LogP contribution in [0, 0.1) is 0 Å². The average Bonchev–Trinajstić information content (AvgIpc) is 4.03. The molecule has 9 rings (SSSR count). The van der Waals surface area contributed by atoms with Crippen LogP contribution < -0.4 is 0 Å². The summed E-state index contributed by atoms with van der Waals surface area (Å²) in [6.07, 6.45) is 14.7. The lowest BCUT2D eigenvalue weighted by Crippen LogP contribution is -2.11. The van der Waals surface area contributed by atoms with Gasteiger partial charge in [-0.25, -0.2) is 18.7 Å². The van der Waals surface area contributed by atoms with Gasteiger partial charge in [-0.15, -0.1) is 0 Å². The van der Waals surface area contributed by atoms with Gasteiger partial charge in [0.25, 0.3) is 0 Å². The quantitative estimate of drug-likeness (QED) is 0.179. The van der Waals surface area contributed by atoms with Gasteiger partial charge < -0.3 is 0 Å². The zero-order valence-electron chi connectivity index (χ0n) is 26.4. The molecule has 9 aromatic rings. The van der Waals surface area contributed by atoms with Gasteiger partial charge in [-0.1, -0.05) is 24.3 Å². The number of benzene rings is 1. The van der Waals surface area contributed by atoms with Crippen molar-refractivity contribution in [2.45, 2.75) is 0 Å². The van der Waals surface area contributed by atoms with E-state index in [1.807, 2.05) is 153 Å². The summed E-state index contributed by atoms with van der Waals surface area (Å²) in [7, 11) is 0. The lowest BCUT2D eigenvalue weighted by Gasteiger charge is -2.17. The molecular weight excluding hydrogens is 625 g/mol. The third kappa shape index (κ3) is 5.42. The van der Waals surface area contributed by atoms with E-state index in [4.69, 9.17) is 20.4 Å². The zero-order chi connectivity index (χ0) is 33.3. The SMILES string of the molecule is c1ccc(-c2ccn(-c3cc(-n4ccc(-c5ccccn5)n4)c(-n4ccc(-c5ccccn5)n4)cc3-n3ccc(-c4ccccn4)n3)n2)nc1. The van der Waals surface area contributed by atoms with E-state index >= 15 is 0 Å². The van der Waals surface area contributed by atoms with Crippen molar-refractivity contribution in [1.29, 1.82) is 0 Å². The van der Waals surface area contributed by atoms with Crippen molar-refractivity contribution in [2.24, 2.45) is 0 Å². The maximum atomic E-state index is 4.97. The molecule has 0 amide bonds. The van der Waals surface area contributed by atoms with Crippen LogP contribution in [0.4, 0.5) is 0 Å². The van der Waals surface area contributed by atoms with E-state index in [0.29, 0.717) is 0 Å². The van der Waals surface area contributed by atoms with Gasteiger partial charge in [-0.05, 0) is 84.9 Å². The van der Waals surface area contributed by atoms with Gasteiger partial charge >= 0.3 is 0 Å². The van der Waals surface area contributed by atoms with E-state index < -0.39 is 0 Å². The first-order chi connectivity index (χ1) is 24.8. The molecule has 0 atom stereocenters. The largest absolute Gasteiger partial charge is 0.255 e. The van der Waals surface area contributed by atoms with E-state index in [1.54, 1.807) is 24.8 Å². The number of hydrogen-bond donors (Lipinski definition) is 0. The van der Waals surface area contributed by atoms with E-state index in [2.05, 4.69) is 19.9 Å². The van der Waals surface area contributed by atoms with Gasteiger partial charge in [0.05, 0.1) is 45.5 Å². The minimum atomic E-state index is 0.737. The average molecular weight is 651 g/mol. The van der Waals surface area contributed by atoms with Gasteiger partial charge in [-0.2, -0.15) is 20.4 Å². The molecule has 0 aliphatic heterocycles. The van der Waals surface area contributed by atoms with E-state index in [0.717, 1.165) is 68.3 Å². The highest BCUT2D eigenvalue weighted by atomic mass is 15.4. The van der Waals surface area contributed by atoms with Gasteiger partial charge in [0, 0.05) is 49.6 Å². The summed E-state index contributed by atoms with van der Waals surface area (Å²) >= 11 is 0. The Morgan fingerprint density at radius 1 is 0.280 bits per heavy atom. The monoisotopic (exact) mass is 650 g/mol. The summed E-state index contributed by atoms with van der Waals surface area (Å²) in [5, 5.41) is 19.9. The minimum Gasteiger partial charge on any atom is -0.255 e. The Hall–Kier alpha value is -7.34. The molecule has 0 aliphatic carbocycles. The maximum absolute atomic E-state index is 4.97. The lowest BCUT2D eigenvalue weighted by molar-refractivity contribution is 0.797. The smallest absolute Gasteiger partial charge is 0.111 e. The second kappa shape index (κ2) is 12.4. The molecule has 8 heterocycles. The first-order valence-corrected chi connectivity index (χ1v) is 15.8. The molecule has 1 aromatic carbocycles. The first kappa shape index (κ1) is 28.8. The Labute approximate surface area is 285 Å². The molecule has 12 heteroatoms. The molecule has 0 spiro atoms. The van der Waals surface area contributed by atoms with Crippen molar-refractivity contribution in [1.82, 2.24) is 59.1 Å². The fourth-order valence-electron chi connectivity index (χ4n) is 5.72. The fraction of sp³-hybridized carbons (Fsp3) is 0. The van der Waals surface area contributed by atoms with Crippen molar-refractivity contribution in [3.05, 3.63) is 159 Å². The molecule has 0 fully saturated rings. The molecular formula is C38H26N12. The van der Waals surface area contributed by atoms with Crippen molar-refractivity contribution in [3.63, 3.8) is 0 Å². The van der Waals surface area contributed by atoms with E-state index in [1.165, 1.54) is 0 Å². The molecule has 0 bridgehead atoms. The van der Waals surface area contributed by atoms with Crippen molar-refractivity contribution < 1.29 is 0 Å². The minimum absolute atomic E-state index is 0.737. The number of aromatic nitrogens is 12. The van der Waals surface area contributed by atoms with Crippen LogP contribution in [0.2, 0.25) is 0 Å². The Kier molecular flexibility index (Phi) is 7.13. The van der Waals surface area contributed by atoms with Crippen LogP contribution in [-0.4, -0.2) is 59.1 Å². The normalized spacial score (nSPS) is 11.2. The van der Waals surface area contributed by atoms with Crippen LogP contribution in [0.5, 0.6) is 0 Å². The van der Waals surface area contributed by atoms with Crippen LogP contribution >= 0.6 is 0 Å². The summed E-state index contributed by atoms with van der Waals surface area (Å²) < 4.78 is 7.33. The fourth-order valence-corrected chi connectivity index (χ4v) is 5.72. The van der Waals surface area contributed by atoms with Crippen LogP contribution in [0.1, 0.15) is 0 Å². The summed E-state index contributed by atoms with van der Waals surface area (Å²) in [6.45, 7) is 0. The topological polar surface area (TPSA) is 123 Å². The highest BCUT2D eigenvalue weighted by Crippen LogP contribution is 2.31. The highest BCUT2D eigenvalue weighted by Gasteiger charge is 2.20. The van der Waals surface area contributed by atoms with Crippen LogP contribution in [0.25, 0.3) is 68.3 Å². The molecule has 0 aliphatic rings. The van der Waals surface area contributed by atoms with E-state index in [9.17, 15) is 0 Å². The van der Waals surface area contributed by atoms with Crippen LogP contribution in [0.3, 0.4) is 0 Å². The molecule has 0 N–H and O–H groups in total. The zero-order valence-corrected chi connectivity index (χ0v) is 26.4. The van der Waals surface area contributed by atoms with Crippen LogP contribution in [-0.2, 0) is 0 Å². The van der Waals surface area contributed by atoms with Crippen molar-refractivity contribution >= 4 is 0 Å². The summed E-state index contributed by atoms with van der Waals surface area (Å²) in [4.78, 5) is 18.1. The Balaban J connectivity index is 1.26. The number of nitrogens with zero attached hydrogens (tertiary/aromatic N) is 12. The van der Waals surface area contributed by atoms with Gasteiger partial charge in [0.15, 0.2) is 0 Å². The third-order valence-electron chi connectivity index (χ3n) is 8.12. The maximum Gasteiger partial charge on any atom is 0.111 e. The summed E-state index contributed by atoms with van der Waals surface area (Å²) in [5.41, 5.74) is 9.06. The van der Waals surface area contributed by atoms with E-state index in [-0.39, 0.29) is 0 Å². The van der Waals surface area contributed by atoms with Crippen molar-refractivity contribution in [3.8, 4) is 68.3 Å². The first-order valence-electron chi connectivity index (χ1n) is 15.8. The lowest BCUT2D eigenvalue weighted by atomic mass is 10.2. The summed E-state index contributed by atoms with van der Waals surface area (Å²) in [6, 6.07) is 35.0. The van der Waals surface area contributed by atoms with Crippen LogP contribution in [0.15, 0.2) is 159 Å². The number of hydrogen-bond acceptors (Lipinski definition) is 8. The van der Waals surface area contributed by atoms with Gasteiger partial charge in [-0.3, -0.25) is 19.9 Å². The molecule has 0 radical (unpaired) electrons. The Bertz CT molecular complexity index is 2180. The molecule has 8 aromatic heterocycles. The highest BCUT2D eigenvalue weighted by molar-refractivity contribution is 5.69. The number of rotatable bonds is 8. The second-order valence-electron chi connectivity index (χ2n) is 11.3. The molecule has 50 heavy (non-hydrogen) atoms. The Morgan fingerprint density at radius 2 is 0.540 bits per heavy atom. The molecule has 0 saturated heterocycles. The second-order valence-corrected chi connectivity index (χ2v) is 11.3. The third-order valence-corrected chi connectivity index (χ3v) is 8.12. The molecule has 238 valence electrons. The molecule has 12 nitrogen and oxygen atoms in total. The van der Waals surface area contributed by atoms with Gasteiger partial charge in [0.2, 0.25) is 0 Å². The van der Waals surface area contributed by atoms with Crippen molar-refractivity contribution in [2.75, 3.05) is 0 Å². The predicted octanol–water partition coefficient (Wildman–Crippen LogP) is 6.68. The van der Waals surface area contributed by atoms with Gasteiger partial charge in [0.1, 0.15) is 22.8 Å². The standard InChI is InChI=1S/C38H26N12/c1-5-17-39-27(9-1)31-13-21-47(43-31)35-25-37(49-23-15-33(45-49)29-11-3-7-19-41-29)38(50-24-16-34(46-50)30-12-4-8-20-42-30)26-36(35)48-22-14-32(44-48)28-10-2-6-18-40-28/h1-26H. The predicted molar refractivity (Wildman–Crippen MR) is 188 cm³/mol.